The van der Waals surface area contributed by atoms with Crippen molar-refractivity contribution in [3.63, 3.8) is 0 Å². The number of hydrogen-bond donors (Lipinski definition) is 2. The molecular weight excluding hydrogens is 418 g/mol. The molecule has 2 N–H and O–H groups in total. The van der Waals surface area contributed by atoms with Crippen molar-refractivity contribution in [2.45, 2.75) is 80.5 Å². The van der Waals surface area contributed by atoms with Crippen molar-refractivity contribution < 1.29 is 19.2 Å². The molecular formula is C26H37N3O4. The van der Waals surface area contributed by atoms with Crippen LogP contribution in [0.3, 0.4) is 0 Å². The van der Waals surface area contributed by atoms with Crippen molar-refractivity contribution >= 4 is 12.1 Å². The van der Waals surface area contributed by atoms with Gasteiger partial charge in [-0.1, -0.05) is 43.7 Å². The van der Waals surface area contributed by atoms with Crippen LogP contribution in [0.25, 0.3) is 11.1 Å². The summed E-state index contributed by atoms with van der Waals surface area (Å²) < 4.78 is 5.45. The van der Waals surface area contributed by atoms with Crippen LogP contribution in [0.1, 0.15) is 69.6 Å². The minimum absolute atomic E-state index is 0.272. The molecule has 0 unspecified atom stereocenters. The molecule has 7 nitrogen and oxygen atoms in total. The third-order valence-electron chi connectivity index (χ3n) is 4.91. The third-order valence-corrected chi connectivity index (χ3v) is 4.91. The first kappa shape index (κ1) is 26.3. The second-order valence-corrected chi connectivity index (χ2v) is 9.71. The van der Waals surface area contributed by atoms with Gasteiger partial charge in [0.15, 0.2) is 0 Å². The van der Waals surface area contributed by atoms with Gasteiger partial charge in [-0.25, -0.2) is 4.79 Å². The highest BCUT2D eigenvalue weighted by Gasteiger charge is 2.22. The van der Waals surface area contributed by atoms with Gasteiger partial charge in [0.2, 0.25) is 0 Å². The summed E-state index contributed by atoms with van der Waals surface area (Å²) in [7, 11) is 0. The quantitative estimate of drug-likeness (QED) is 0.535. The lowest BCUT2D eigenvalue weighted by Crippen LogP contribution is -2.32. The SMILES string of the molecule is CC(=O)ONCc1c(C)nc(CC(C)C)c(CNC(=O)OC(C)(C)C)c1-c1ccc(C)cc1. The van der Waals surface area contributed by atoms with Gasteiger partial charge < -0.3 is 14.9 Å². The van der Waals surface area contributed by atoms with Crippen LogP contribution in [0.15, 0.2) is 24.3 Å². The van der Waals surface area contributed by atoms with Gasteiger partial charge in [-0.15, -0.1) is 5.48 Å². The Kier molecular flexibility index (Phi) is 8.99. The Morgan fingerprint density at radius 2 is 1.67 bits per heavy atom. The molecule has 0 aliphatic carbocycles. The molecule has 0 fully saturated rings. The number of hydroxylamine groups is 1. The van der Waals surface area contributed by atoms with E-state index < -0.39 is 17.7 Å². The number of carbonyl (C=O) groups excluding carboxylic acids is 2. The molecule has 2 rings (SSSR count). The summed E-state index contributed by atoms with van der Waals surface area (Å²) in [5.74, 6) is -0.0335. The van der Waals surface area contributed by atoms with E-state index in [4.69, 9.17) is 14.6 Å². The Morgan fingerprint density at radius 1 is 1.03 bits per heavy atom. The predicted molar refractivity (Wildman–Crippen MR) is 129 cm³/mol. The first-order valence-corrected chi connectivity index (χ1v) is 11.3. The molecule has 0 saturated heterocycles. The molecule has 33 heavy (non-hydrogen) atoms. The fourth-order valence-electron chi connectivity index (χ4n) is 3.56. The average Bonchev–Trinajstić information content (AvgIpc) is 2.67. The summed E-state index contributed by atoms with van der Waals surface area (Å²) in [6.07, 6.45) is 0.288. The topological polar surface area (TPSA) is 89.5 Å². The molecule has 180 valence electrons. The summed E-state index contributed by atoms with van der Waals surface area (Å²) >= 11 is 0. The van der Waals surface area contributed by atoms with E-state index in [1.807, 2.05) is 34.6 Å². The van der Waals surface area contributed by atoms with Crippen molar-refractivity contribution in [1.82, 2.24) is 15.8 Å². The van der Waals surface area contributed by atoms with Crippen LogP contribution in [0.4, 0.5) is 4.79 Å². The van der Waals surface area contributed by atoms with Crippen molar-refractivity contribution in [1.29, 1.82) is 0 Å². The summed E-state index contributed by atoms with van der Waals surface area (Å²) in [6.45, 7) is 15.7. The number of benzene rings is 1. The number of hydrogen-bond acceptors (Lipinski definition) is 6. The number of pyridine rings is 1. The first-order chi connectivity index (χ1) is 15.4. The lowest BCUT2D eigenvalue weighted by Gasteiger charge is -2.23. The van der Waals surface area contributed by atoms with Crippen LogP contribution < -0.4 is 10.8 Å². The monoisotopic (exact) mass is 455 g/mol. The van der Waals surface area contributed by atoms with Gasteiger partial charge in [0.05, 0.1) is 6.54 Å². The second kappa shape index (κ2) is 11.3. The van der Waals surface area contributed by atoms with Crippen LogP contribution in [0.5, 0.6) is 0 Å². The summed E-state index contributed by atoms with van der Waals surface area (Å²) in [5.41, 5.74) is 8.93. The number of amides is 1. The van der Waals surface area contributed by atoms with Crippen LogP contribution in [-0.2, 0) is 33.9 Å². The van der Waals surface area contributed by atoms with E-state index in [0.717, 1.165) is 45.6 Å². The van der Waals surface area contributed by atoms with Gasteiger partial charge in [-0.2, -0.15) is 0 Å². The zero-order chi connectivity index (χ0) is 24.8. The molecule has 1 heterocycles. The van der Waals surface area contributed by atoms with Crippen LogP contribution >= 0.6 is 0 Å². The van der Waals surface area contributed by atoms with Crippen molar-refractivity contribution in [2.75, 3.05) is 0 Å². The molecule has 2 aromatic rings. The van der Waals surface area contributed by atoms with Gasteiger partial charge >= 0.3 is 12.1 Å². The van der Waals surface area contributed by atoms with E-state index in [-0.39, 0.29) is 6.54 Å². The predicted octanol–water partition coefficient (Wildman–Crippen LogP) is 5.16. The fraction of sp³-hybridized carbons (Fsp3) is 0.500. The van der Waals surface area contributed by atoms with Gasteiger partial charge in [-0.05, 0) is 63.6 Å². The second-order valence-electron chi connectivity index (χ2n) is 9.71. The number of aryl methyl sites for hydroxylation is 2. The standard InChI is InChI=1S/C26H37N3O4/c1-16(2)13-23-22(14-27-25(31)32-26(6,7)8)24(20-11-9-17(3)10-12-20)21(18(4)29-23)15-28-33-19(5)30/h9-12,16,28H,13-15H2,1-8H3,(H,27,31). The highest BCUT2D eigenvalue weighted by molar-refractivity contribution is 5.74. The number of aromatic nitrogens is 1. The molecule has 7 heteroatoms. The normalized spacial score (nSPS) is 11.4. The molecule has 1 aromatic heterocycles. The number of carbonyl (C=O) groups is 2. The summed E-state index contributed by atoms with van der Waals surface area (Å²) in [4.78, 5) is 33.6. The Hall–Kier alpha value is -2.93. The minimum Gasteiger partial charge on any atom is -0.444 e. The average molecular weight is 456 g/mol. The van der Waals surface area contributed by atoms with E-state index >= 15 is 0 Å². The number of ether oxygens (including phenoxy) is 1. The van der Waals surface area contributed by atoms with Crippen molar-refractivity contribution in [2.24, 2.45) is 5.92 Å². The van der Waals surface area contributed by atoms with Crippen LogP contribution in [0, 0.1) is 19.8 Å². The van der Waals surface area contributed by atoms with E-state index in [0.29, 0.717) is 12.5 Å². The number of alkyl carbamates (subject to hydrolysis) is 1. The lowest BCUT2D eigenvalue weighted by atomic mass is 9.89. The Morgan fingerprint density at radius 3 is 2.21 bits per heavy atom. The van der Waals surface area contributed by atoms with Crippen LogP contribution in [0.2, 0.25) is 0 Å². The van der Waals surface area contributed by atoms with E-state index in [1.54, 1.807) is 0 Å². The molecule has 0 aliphatic heterocycles. The zero-order valence-electron chi connectivity index (χ0n) is 21.1. The molecule has 0 saturated carbocycles. The molecule has 1 aromatic carbocycles. The fourth-order valence-corrected chi connectivity index (χ4v) is 3.56. The molecule has 0 spiro atoms. The van der Waals surface area contributed by atoms with Gasteiger partial charge in [0.25, 0.3) is 0 Å². The maximum absolute atomic E-state index is 12.4. The van der Waals surface area contributed by atoms with Gasteiger partial charge in [0, 0.05) is 30.4 Å². The highest BCUT2D eigenvalue weighted by atomic mass is 16.7. The maximum Gasteiger partial charge on any atom is 0.407 e. The summed E-state index contributed by atoms with van der Waals surface area (Å²) in [5, 5.41) is 2.90. The number of nitrogens with zero attached hydrogens (tertiary/aromatic N) is 1. The lowest BCUT2D eigenvalue weighted by molar-refractivity contribution is -0.148. The van der Waals surface area contributed by atoms with Crippen LogP contribution in [-0.4, -0.2) is 22.6 Å². The van der Waals surface area contributed by atoms with E-state index in [1.165, 1.54) is 6.92 Å². The molecule has 0 radical (unpaired) electrons. The zero-order valence-corrected chi connectivity index (χ0v) is 21.1. The largest absolute Gasteiger partial charge is 0.444 e. The minimum atomic E-state index is -0.588. The molecule has 1 amide bonds. The van der Waals surface area contributed by atoms with Crippen molar-refractivity contribution in [3.8, 4) is 11.1 Å². The summed E-state index contributed by atoms with van der Waals surface area (Å²) in [6, 6.07) is 8.24. The number of rotatable bonds is 8. The molecule has 0 bridgehead atoms. The molecule has 0 aliphatic rings. The molecule has 0 atom stereocenters. The third kappa shape index (κ3) is 8.17. The Bertz CT molecular complexity index is 977. The number of nitrogens with one attached hydrogen (secondary N) is 2. The first-order valence-electron chi connectivity index (χ1n) is 11.3. The van der Waals surface area contributed by atoms with E-state index in [9.17, 15) is 9.59 Å². The Labute approximate surface area is 197 Å². The Balaban J connectivity index is 2.60. The van der Waals surface area contributed by atoms with Crippen molar-refractivity contribution in [3.05, 3.63) is 52.3 Å². The smallest absolute Gasteiger partial charge is 0.407 e. The highest BCUT2D eigenvalue weighted by Crippen LogP contribution is 2.33. The van der Waals surface area contributed by atoms with Gasteiger partial charge in [-0.3, -0.25) is 9.78 Å². The maximum atomic E-state index is 12.4. The van der Waals surface area contributed by atoms with E-state index in [2.05, 4.69) is 48.9 Å². The van der Waals surface area contributed by atoms with Gasteiger partial charge in [0.1, 0.15) is 5.60 Å².